The molecule has 2 N–H and O–H groups in total. The molecule has 1 aromatic carbocycles. The summed E-state index contributed by atoms with van der Waals surface area (Å²) >= 11 is 0. The first-order valence-corrected chi connectivity index (χ1v) is 11.9. The van der Waals surface area contributed by atoms with Crippen molar-refractivity contribution in [1.29, 1.82) is 0 Å². The summed E-state index contributed by atoms with van der Waals surface area (Å²) in [5.74, 6) is 2.52. The minimum Gasteiger partial charge on any atom is -0.493 e. The standard InChI is InChI=1S/C24H43N5O2.HI/c1-5-25-24(27-14-8-16-29-17-9-15-28(3)18-19-29)26-13-7-10-21-11-12-22(30-4)23(20-21)31-6-2;/h11-12,20H,5-10,13-19H2,1-4H3,(H2,25,26,27);1H. The van der Waals surface area contributed by atoms with Crippen molar-refractivity contribution in [2.75, 3.05) is 73.1 Å². The van der Waals surface area contributed by atoms with Crippen molar-refractivity contribution >= 4 is 29.9 Å². The fourth-order valence-corrected chi connectivity index (χ4v) is 3.79. The van der Waals surface area contributed by atoms with Crippen LogP contribution in [0.5, 0.6) is 11.5 Å². The van der Waals surface area contributed by atoms with E-state index < -0.39 is 0 Å². The van der Waals surface area contributed by atoms with Gasteiger partial charge in [-0.15, -0.1) is 24.0 Å². The summed E-state index contributed by atoms with van der Waals surface area (Å²) in [6.07, 6.45) is 4.38. The number of halogens is 1. The summed E-state index contributed by atoms with van der Waals surface area (Å²) in [7, 11) is 3.89. The summed E-state index contributed by atoms with van der Waals surface area (Å²) in [6.45, 7) is 13.3. The van der Waals surface area contributed by atoms with Crippen molar-refractivity contribution in [3.8, 4) is 11.5 Å². The maximum Gasteiger partial charge on any atom is 0.191 e. The largest absolute Gasteiger partial charge is 0.493 e. The lowest BCUT2D eigenvalue weighted by molar-refractivity contribution is 0.274. The van der Waals surface area contributed by atoms with Crippen molar-refractivity contribution < 1.29 is 9.47 Å². The quantitative estimate of drug-likeness (QED) is 0.177. The van der Waals surface area contributed by atoms with Crippen LogP contribution in [0, 0.1) is 0 Å². The molecule has 8 heteroatoms. The second-order valence-corrected chi connectivity index (χ2v) is 8.06. The highest BCUT2D eigenvalue weighted by Crippen LogP contribution is 2.28. The van der Waals surface area contributed by atoms with E-state index in [9.17, 15) is 0 Å². The van der Waals surface area contributed by atoms with Gasteiger partial charge in [0.1, 0.15) is 0 Å². The molecule has 0 bridgehead atoms. The molecule has 2 rings (SSSR count). The van der Waals surface area contributed by atoms with Crippen LogP contribution < -0.4 is 20.1 Å². The van der Waals surface area contributed by atoms with Crippen LogP contribution in [0.4, 0.5) is 0 Å². The van der Waals surface area contributed by atoms with E-state index in [1.165, 1.54) is 38.2 Å². The molecular weight excluding hydrogens is 517 g/mol. The highest BCUT2D eigenvalue weighted by Gasteiger charge is 2.11. The van der Waals surface area contributed by atoms with E-state index in [2.05, 4.69) is 46.5 Å². The Kier molecular flexibility index (Phi) is 15.5. The van der Waals surface area contributed by atoms with Crippen molar-refractivity contribution in [2.45, 2.75) is 39.5 Å². The highest BCUT2D eigenvalue weighted by atomic mass is 127. The van der Waals surface area contributed by atoms with Crippen LogP contribution in [0.15, 0.2) is 23.2 Å². The molecule has 0 aliphatic carbocycles. The minimum absolute atomic E-state index is 0. The van der Waals surface area contributed by atoms with Crippen LogP contribution in [0.2, 0.25) is 0 Å². The maximum atomic E-state index is 5.68. The second-order valence-electron chi connectivity index (χ2n) is 8.06. The lowest BCUT2D eigenvalue weighted by atomic mass is 10.1. The van der Waals surface area contributed by atoms with Gasteiger partial charge in [0, 0.05) is 32.7 Å². The van der Waals surface area contributed by atoms with Gasteiger partial charge in [-0.3, -0.25) is 4.99 Å². The first kappa shape index (κ1) is 28.8. The third kappa shape index (κ3) is 11.0. The zero-order chi connectivity index (χ0) is 22.3. The Morgan fingerprint density at radius 2 is 1.91 bits per heavy atom. The zero-order valence-corrected chi connectivity index (χ0v) is 22.8. The van der Waals surface area contributed by atoms with Crippen LogP contribution in [-0.2, 0) is 6.42 Å². The van der Waals surface area contributed by atoms with Crippen molar-refractivity contribution in [3.05, 3.63) is 23.8 Å². The minimum atomic E-state index is 0. The van der Waals surface area contributed by atoms with E-state index in [1.807, 2.05) is 13.0 Å². The summed E-state index contributed by atoms with van der Waals surface area (Å²) < 4.78 is 11.0. The lowest BCUT2D eigenvalue weighted by Gasteiger charge is -2.20. The molecule has 0 amide bonds. The van der Waals surface area contributed by atoms with E-state index in [0.717, 1.165) is 62.9 Å². The zero-order valence-electron chi connectivity index (χ0n) is 20.5. The Morgan fingerprint density at radius 1 is 1.06 bits per heavy atom. The molecule has 1 aromatic rings. The summed E-state index contributed by atoms with van der Waals surface area (Å²) in [4.78, 5) is 9.76. The normalized spacial score (nSPS) is 15.6. The third-order valence-electron chi connectivity index (χ3n) is 5.52. The van der Waals surface area contributed by atoms with Gasteiger partial charge in [0.05, 0.1) is 13.7 Å². The number of hydrogen-bond donors (Lipinski definition) is 2. The third-order valence-corrected chi connectivity index (χ3v) is 5.52. The molecule has 7 nitrogen and oxygen atoms in total. The van der Waals surface area contributed by atoms with E-state index >= 15 is 0 Å². The number of methoxy groups -OCH3 is 1. The van der Waals surface area contributed by atoms with E-state index in [-0.39, 0.29) is 24.0 Å². The van der Waals surface area contributed by atoms with Crippen LogP contribution in [-0.4, -0.2) is 88.9 Å². The van der Waals surface area contributed by atoms with E-state index in [1.54, 1.807) is 7.11 Å². The molecule has 1 aliphatic heterocycles. The number of nitrogens with zero attached hydrogens (tertiary/aromatic N) is 3. The van der Waals surface area contributed by atoms with Gasteiger partial charge in [0.2, 0.25) is 0 Å². The van der Waals surface area contributed by atoms with Crippen LogP contribution in [0.3, 0.4) is 0 Å². The molecule has 1 fully saturated rings. The molecule has 1 heterocycles. The van der Waals surface area contributed by atoms with Gasteiger partial charge in [0.25, 0.3) is 0 Å². The Morgan fingerprint density at radius 3 is 2.66 bits per heavy atom. The Labute approximate surface area is 212 Å². The molecule has 0 aromatic heterocycles. The summed E-state index contributed by atoms with van der Waals surface area (Å²) in [5.41, 5.74) is 1.25. The fourth-order valence-electron chi connectivity index (χ4n) is 3.79. The number of aliphatic imine (C=N–C) groups is 1. The Bertz CT molecular complexity index is 659. The number of guanidine groups is 1. The predicted molar refractivity (Wildman–Crippen MR) is 145 cm³/mol. The van der Waals surface area contributed by atoms with Gasteiger partial charge in [-0.2, -0.15) is 0 Å². The van der Waals surface area contributed by atoms with E-state index in [0.29, 0.717) is 6.61 Å². The number of hydrogen-bond acceptors (Lipinski definition) is 5. The fraction of sp³-hybridized carbons (Fsp3) is 0.708. The molecular formula is C24H44IN5O2. The molecule has 0 unspecified atom stereocenters. The first-order valence-electron chi connectivity index (χ1n) is 11.9. The van der Waals surface area contributed by atoms with Gasteiger partial charge < -0.3 is 29.9 Å². The average molecular weight is 562 g/mol. The maximum absolute atomic E-state index is 5.68. The smallest absolute Gasteiger partial charge is 0.191 e. The molecule has 0 radical (unpaired) electrons. The average Bonchev–Trinajstić information content (AvgIpc) is 2.98. The number of aryl methyl sites for hydroxylation is 1. The van der Waals surface area contributed by atoms with Gasteiger partial charge >= 0.3 is 0 Å². The number of rotatable bonds is 12. The lowest BCUT2D eigenvalue weighted by Crippen LogP contribution is -2.39. The second kappa shape index (κ2) is 17.2. The molecule has 1 aliphatic rings. The summed E-state index contributed by atoms with van der Waals surface area (Å²) in [5, 5.41) is 6.85. The Hall–Kier alpha value is -1.26. The van der Waals surface area contributed by atoms with Crippen molar-refractivity contribution in [3.63, 3.8) is 0 Å². The molecule has 0 spiro atoms. The Balaban J connectivity index is 0.00000512. The number of nitrogens with one attached hydrogen (secondary N) is 2. The molecule has 0 atom stereocenters. The molecule has 1 saturated heterocycles. The van der Waals surface area contributed by atoms with Gasteiger partial charge in [-0.1, -0.05) is 6.07 Å². The number of likely N-dealkylation sites (N-methyl/N-ethyl adjacent to an activating group) is 1. The van der Waals surface area contributed by atoms with Gasteiger partial charge in [0.15, 0.2) is 17.5 Å². The number of ether oxygens (including phenoxy) is 2. The van der Waals surface area contributed by atoms with Crippen molar-refractivity contribution in [1.82, 2.24) is 20.4 Å². The predicted octanol–water partition coefficient (Wildman–Crippen LogP) is 3.23. The molecule has 184 valence electrons. The summed E-state index contributed by atoms with van der Waals surface area (Å²) in [6, 6.07) is 6.17. The van der Waals surface area contributed by atoms with E-state index in [4.69, 9.17) is 14.5 Å². The van der Waals surface area contributed by atoms with Gasteiger partial charge in [-0.05, 0) is 83.9 Å². The number of benzene rings is 1. The highest BCUT2D eigenvalue weighted by molar-refractivity contribution is 14.0. The van der Waals surface area contributed by atoms with Crippen molar-refractivity contribution in [2.24, 2.45) is 4.99 Å². The van der Waals surface area contributed by atoms with Crippen LogP contribution in [0.1, 0.15) is 38.7 Å². The monoisotopic (exact) mass is 561 g/mol. The molecule has 32 heavy (non-hydrogen) atoms. The van der Waals surface area contributed by atoms with Crippen LogP contribution in [0.25, 0.3) is 0 Å². The SMILES string of the molecule is CCNC(=NCCCc1ccc(OC)c(OCC)c1)NCCCN1CCCN(C)CC1.I. The molecule has 0 saturated carbocycles. The topological polar surface area (TPSA) is 61.4 Å². The van der Waals surface area contributed by atoms with Crippen LogP contribution >= 0.6 is 24.0 Å². The first-order chi connectivity index (χ1) is 15.2. The van der Waals surface area contributed by atoms with Gasteiger partial charge in [-0.25, -0.2) is 0 Å².